The number of rotatable bonds is 5. The van der Waals surface area contributed by atoms with Gasteiger partial charge < -0.3 is 14.8 Å². The molecule has 4 rings (SSSR count). The number of aromatic nitrogens is 4. The molecule has 0 spiro atoms. The van der Waals surface area contributed by atoms with E-state index < -0.39 is 0 Å². The van der Waals surface area contributed by atoms with Crippen molar-refractivity contribution in [1.82, 2.24) is 19.2 Å². The fourth-order valence-corrected chi connectivity index (χ4v) is 3.35. The zero-order valence-electron chi connectivity index (χ0n) is 16.2. The van der Waals surface area contributed by atoms with Gasteiger partial charge in [-0.25, -0.2) is 0 Å². The molecule has 2 aromatic carbocycles. The zero-order chi connectivity index (χ0) is 19.8. The van der Waals surface area contributed by atoms with Gasteiger partial charge in [0, 0.05) is 18.8 Å². The molecule has 0 bridgehead atoms. The molecule has 1 N–H and O–H groups in total. The maximum atomic E-state index is 12.5. The van der Waals surface area contributed by atoms with Crippen molar-refractivity contribution in [2.75, 3.05) is 19.5 Å². The van der Waals surface area contributed by atoms with Gasteiger partial charge in [-0.3, -0.25) is 13.8 Å². The Morgan fingerprint density at radius 3 is 2.54 bits per heavy atom. The third kappa shape index (κ3) is 2.74. The number of anilines is 1. The Hall–Kier alpha value is -3.55. The normalized spacial score (nSPS) is 11.1. The van der Waals surface area contributed by atoms with Gasteiger partial charge in [0.25, 0.3) is 5.56 Å². The summed E-state index contributed by atoms with van der Waals surface area (Å²) in [5.74, 6) is 2.54. The Morgan fingerprint density at radius 2 is 1.79 bits per heavy atom. The highest BCUT2D eigenvalue weighted by atomic mass is 16.5. The lowest BCUT2D eigenvalue weighted by Crippen LogP contribution is -2.20. The molecule has 0 fully saturated rings. The van der Waals surface area contributed by atoms with Crippen molar-refractivity contribution in [2.45, 2.75) is 13.5 Å². The molecule has 28 heavy (non-hydrogen) atoms. The Kier molecular flexibility index (Phi) is 4.38. The number of methoxy groups -OCH3 is 2. The summed E-state index contributed by atoms with van der Waals surface area (Å²) in [6.45, 7) is 2.42. The molecule has 0 unspecified atom stereocenters. The minimum absolute atomic E-state index is 0.0919. The second-order valence-corrected chi connectivity index (χ2v) is 6.51. The smallest absolute Gasteiger partial charge is 0.262 e. The average molecular weight is 379 g/mol. The highest BCUT2D eigenvalue weighted by Gasteiger charge is 2.15. The van der Waals surface area contributed by atoms with Crippen molar-refractivity contribution in [3.05, 3.63) is 58.1 Å². The van der Waals surface area contributed by atoms with Crippen LogP contribution in [0.4, 0.5) is 5.69 Å². The molecule has 0 atom stereocenters. The first-order valence-electron chi connectivity index (χ1n) is 8.83. The Balaban J connectivity index is 1.77. The molecule has 4 aromatic rings. The quantitative estimate of drug-likeness (QED) is 0.574. The van der Waals surface area contributed by atoms with Gasteiger partial charge in [-0.05, 0) is 30.7 Å². The molecule has 0 amide bonds. The summed E-state index contributed by atoms with van der Waals surface area (Å²) in [5.41, 5.74) is 2.62. The predicted octanol–water partition coefficient (Wildman–Crippen LogP) is 2.52. The number of nitrogens with zero attached hydrogens (tertiary/aromatic N) is 4. The van der Waals surface area contributed by atoms with E-state index in [1.54, 1.807) is 21.3 Å². The van der Waals surface area contributed by atoms with Crippen LogP contribution in [0.5, 0.6) is 11.5 Å². The SMILES string of the molecule is COc1cc(C)c(NCc2nnc3n(C)c(=O)c4ccccc4n23)cc1OC. The van der Waals surface area contributed by atoms with Gasteiger partial charge in [-0.15, -0.1) is 10.2 Å². The van der Waals surface area contributed by atoms with E-state index >= 15 is 0 Å². The number of para-hydroxylation sites is 1. The number of benzene rings is 2. The summed E-state index contributed by atoms with van der Waals surface area (Å²) >= 11 is 0. The Labute approximate surface area is 161 Å². The number of hydrogen-bond acceptors (Lipinski definition) is 6. The number of aryl methyl sites for hydroxylation is 2. The standard InChI is InChI=1S/C20H21N5O3/c1-12-9-16(27-3)17(28-4)10-14(12)21-11-18-22-23-20-24(2)19(26)13-7-5-6-8-15(13)25(18)20/h5-10,21H,11H2,1-4H3. The van der Waals surface area contributed by atoms with Crippen LogP contribution in [0.1, 0.15) is 11.4 Å². The first-order chi connectivity index (χ1) is 13.5. The maximum Gasteiger partial charge on any atom is 0.262 e. The van der Waals surface area contributed by atoms with Crippen LogP contribution < -0.4 is 20.3 Å². The summed E-state index contributed by atoms with van der Waals surface area (Å²) in [7, 11) is 4.92. The maximum absolute atomic E-state index is 12.5. The number of hydrogen-bond donors (Lipinski definition) is 1. The molecular weight excluding hydrogens is 358 g/mol. The first-order valence-corrected chi connectivity index (χ1v) is 8.83. The van der Waals surface area contributed by atoms with Gasteiger partial charge in [0.1, 0.15) is 0 Å². The van der Waals surface area contributed by atoms with E-state index in [-0.39, 0.29) is 5.56 Å². The third-order valence-electron chi connectivity index (χ3n) is 4.86. The molecule has 0 saturated carbocycles. The van der Waals surface area contributed by atoms with Crippen molar-refractivity contribution in [3.8, 4) is 11.5 Å². The summed E-state index contributed by atoms with van der Waals surface area (Å²) in [5, 5.41) is 12.5. The van der Waals surface area contributed by atoms with Crippen LogP contribution in [-0.4, -0.2) is 33.4 Å². The Bertz CT molecular complexity index is 1240. The molecule has 0 aliphatic heterocycles. The predicted molar refractivity (Wildman–Crippen MR) is 107 cm³/mol. The van der Waals surface area contributed by atoms with E-state index in [9.17, 15) is 4.79 Å². The van der Waals surface area contributed by atoms with E-state index in [1.807, 2.05) is 47.7 Å². The third-order valence-corrected chi connectivity index (χ3v) is 4.86. The fourth-order valence-electron chi connectivity index (χ4n) is 3.35. The van der Waals surface area contributed by atoms with Crippen LogP contribution >= 0.6 is 0 Å². The molecule has 2 aromatic heterocycles. The number of nitrogens with one attached hydrogen (secondary N) is 1. The zero-order valence-corrected chi connectivity index (χ0v) is 16.2. The molecular formula is C20H21N5O3. The molecule has 2 heterocycles. The number of ether oxygens (including phenoxy) is 2. The van der Waals surface area contributed by atoms with Gasteiger partial charge in [0.15, 0.2) is 17.3 Å². The van der Waals surface area contributed by atoms with E-state index in [0.717, 1.165) is 16.8 Å². The van der Waals surface area contributed by atoms with Gasteiger partial charge in [0.05, 0.1) is 31.7 Å². The van der Waals surface area contributed by atoms with Gasteiger partial charge in [0.2, 0.25) is 5.78 Å². The highest BCUT2D eigenvalue weighted by Crippen LogP contribution is 2.33. The van der Waals surface area contributed by atoms with Crippen LogP contribution in [0, 0.1) is 6.92 Å². The number of fused-ring (bicyclic) bond motifs is 3. The molecule has 8 heteroatoms. The van der Waals surface area contributed by atoms with E-state index in [2.05, 4.69) is 15.5 Å². The van der Waals surface area contributed by atoms with Crippen LogP contribution in [-0.2, 0) is 13.6 Å². The largest absolute Gasteiger partial charge is 0.493 e. The van der Waals surface area contributed by atoms with Crippen molar-refractivity contribution in [3.63, 3.8) is 0 Å². The lowest BCUT2D eigenvalue weighted by molar-refractivity contribution is 0.355. The van der Waals surface area contributed by atoms with Gasteiger partial charge in [-0.1, -0.05) is 12.1 Å². The van der Waals surface area contributed by atoms with E-state index in [4.69, 9.17) is 9.47 Å². The van der Waals surface area contributed by atoms with Gasteiger partial charge in [-0.2, -0.15) is 0 Å². The van der Waals surface area contributed by atoms with Gasteiger partial charge >= 0.3 is 0 Å². The fraction of sp³-hybridized carbons (Fsp3) is 0.250. The lowest BCUT2D eigenvalue weighted by Gasteiger charge is -2.14. The van der Waals surface area contributed by atoms with Crippen LogP contribution in [0.2, 0.25) is 0 Å². The van der Waals surface area contributed by atoms with Crippen LogP contribution in [0.15, 0.2) is 41.2 Å². The molecule has 0 saturated heterocycles. The van der Waals surface area contributed by atoms with Crippen molar-refractivity contribution >= 4 is 22.4 Å². The molecule has 8 nitrogen and oxygen atoms in total. The molecule has 0 aliphatic rings. The van der Waals surface area contributed by atoms with Crippen LogP contribution in [0.3, 0.4) is 0 Å². The summed E-state index contributed by atoms with van der Waals surface area (Å²) in [4.78, 5) is 12.5. The van der Waals surface area contributed by atoms with Crippen molar-refractivity contribution < 1.29 is 9.47 Å². The lowest BCUT2D eigenvalue weighted by atomic mass is 10.1. The summed E-state index contributed by atoms with van der Waals surface area (Å²) in [6.07, 6.45) is 0. The highest BCUT2D eigenvalue weighted by molar-refractivity contribution is 5.80. The molecule has 0 aliphatic carbocycles. The minimum Gasteiger partial charge on any atom is -0.493 e. The first kappa shape index (κ1) is 17.8. The monoisotopic (exact) mass is 379 g/mol. The second-order valence-electron chi connectivity index (χ2n) is 6.51. The van der Waals surface area contributed by atoms with Crippen LogP contribution in [0.25, 0.3) is 16.7 Å². The molecule has 0 radical (unpaired) electrons. The van der Waals surface area contributed by atoms with Crippen molar-refractivity contribution in [1.29, 1.82) is 0 Å². The van der Waals surface area contributed by atoms with E-state index in [0.29, 0.717) is 35.0 Å². The topological polar surface area (TPSA) is 82.7 Å². The van der Waals surface area contributed by atoms with Crippen molar-refractivity contribution in [2.24, 2.45) is 7.05 Å². The second kappa shape index (κ2) is 6.88. The molecule has 144 valence electrons. The summed E-state index contributed by atoms with van der Waals surface area (Å²) < 4.78 is 14.1. The Morgan fingerprint density at radius 1 is 1.07 bits per heavy atom. The minimum atomic E-state index is -0.0919. The summed E-state index contributed by atoms with van der Waals surface area (Å²) in [6, 6.07) is 11.3. The van der Waals surface area contributed by atoms with E-state index in [1.165, 1.54) is 4.57 Å². The average Bonchev–Trinajstić information content (AvgIpc) is 3.15.